The van der Waals surface area contributed by atoms with Gasteiger partial charge in [0.15, 0.2) is 6.10 Å². The molecular weight excluding hydrogens is 741 g/mol. The van der Waals surface area contributed by atoms with Crippen LogP contribution in [0.2, 0.25) is 0 Å². The highest BCUT2D eigenvalue weighted by atomic mass is 31.2. The third-order valence-electron chi connectivity index (χ3n) is 8.49. The van der Waals surface area contributed by atoms with Crippen LogP contribution in [-0.4, -0.2) is 86.1 Å². The molecule has 3 atom stereocenters. The van der Waals surface area contributed by atoms with Crippen molar-refractivity contribution in [2.45, 2.75) is 148 Å². The first-order valence-corrected chi connectivity index (χ1v) is 22.9. The van der Waals surface area contributed by atoms with Gasteiger partial charge in [0.2, 0.25) is 0 Å². The van der Waals surface area contributed by atoms with E-state index in [-0.39, 0.29) is 26.1 Å². The van der Waals surface area contributed by atoms with E-state index in [0.717, 1.165) is 64.2 Å². The third kappa shape index (κ3) is 41.1. The molecule has 0 radical (unpaired) electrons. The monoisotopic (exact) mass is 821 g/mol. The van der Waals surface area contributed by atoms with Gasteiger partial charge in [0.05, 0.1) is 33.9 Å². The van der Waals surface area contributed by atoms with Gasteiger partial charge in [-0.15, -0.1) is 0 Å². The quantitative estimate of drug-likeness (QED) is 0.0157. The fourth-order valence-corrected chi connectivity index (χ4v) is 5.84. The number of aliphatic hydroxyl groups is 1. The van der Waals surface area contributed by atoms with Gasteiger partial charge < -0.3 is 24.0 Å². The lowest BCUT2D eigenvalue weighted by Crippen LogP contribution is -2.37. The predicted octanol–water partition coefficient (Wildman–Crippen LogP) is 11.0. The number of carbonyl (C=O) groups is 2. The standard InChI is InChI=1S/C46H78NO9P/c1-6-8-10-12-14-15-16-17-18-19-20-21-25-30-34-38-46(50)56-44(42-55-57(51,52)54-40-39-47(3,4)5)41-53-45(49)37-33-29-26-22-24-28-32-36-43(48)35-31-27-23-13-11-9-7-2/h8,10,14-15,17-18,22-23,26-28,31-32,35,43-44,48H,6-7,9,11-13,16,19-21,24-25,29-30,33-34,36-42H2,1-5H3/p+1/b10-8-,15-14-,18-17-,26-22+,27-23-,32-28-,35-31-/t43-,44-/m1/s1. The van der Waals surface area contributed by atoms with Gasteiger partial charge in [0.1, 0.15) is 19.8 Å². The van der Waals surface area contributed by atoms with Crippen molar-refractivity contribution in [3.05, 3.63) is 85.1 Å². The Kier molecular flexibility index (Phi) is 35.6. The molecule has 0 heterocycles. The third-order valence-corrected chi connectivity index (χ3v) is 9.47. The van der Waals surface area contributed by atoms with Crippen molar-refractivity contribution in [2.75, 3.05) is 47.5 Å². The Bertz CT molecular complexity index is 1260. The van der Waals surface area contributed by atoms with Gasteiger partial charge in [-0.2, -0.15) is 0 Å². The molecule has 326 valence electrons. The first-order chi connectivity index (χ1) is 27.4. The Hall–Kier alpha value is -2.85. The number of carbonyl (C=O) groups excluding carboxylic acids is 2. The molecule has 10 nitrogen and oxygen atoms in total. The van der Waals surface area contributed by atoms with Crippen LogP contribution in [0.3, 0.4) is 0 Å². The van der Waals surface area contributed by atoms with Crippen molar-refractivity contribution in [3.8, 4) is 0 Å². The van der Waals surface area contributed by atoms with Crippen LogP contribution in [0.15, 0.2) is 85.1 Å². The van der Waals surface area contributed by atoms with Gasteiger partial charge in [0.25, 0.3) is 0 Å². The molecule has 1 unspecified atom stereocenters. The number of likely N-dealkylation sites (N-methyl/N-ethyl adjacent to an activating group) is 1. The summed E-state index contributed by atoms with van der Waals surface area (Å²) in [5.74, 6) is -0.935. The van der Waals surface area contributed by atoms with Gasteiger partial charge in [-0.3, -0.25) is 18.6 Å². The molecule has 0 saturated heterocycles. The maximum absolute atomic E-state index is 12.7. The molecule has 0 rings (SSSR count). The number of aliphatic hydroxyl groups excluding tert-OH is 1. The van der Waals surface area contributed by atoms with Crippen LogP contribution < -0.4 is 0 Å². The van der Waals surface area contributed by atoms with E-state index in [9.17, 15) is 24.2 Å². The van der Waals surface area contributed by atoms with Gasteiger partial charge >= 0.3 is 19.8 Å². The Morgan fingerprint density at radius 3 is 1.91 bits per heavy atom. The molecule has 0 aliphatic carbocycles. The van der Waals surface area contributed by atoms with E-state index in [4.69, 9.17) is 18.5 Å². The van der Waals surface area contributed by atoms with Gasteiger partial charge in [-0.05, 0) is 77.0 Å². The van der Waals surface area contributed by atoms with E-state index in [1.807, 2.05) is 57.6 Å². The van der Waals surface area contributed by atoms with E-state index >= 15 is 0 Å². The smallest absolute Gasteiger partial charge is 0.462 e. The number of ether oxygens (including phenoxy) is 2. The summed E-state index contributed by atoms with van der Waals surface area (Å²) in [5.41, 5.74) is 0. The molecule has 0 aliphatic heterocycles. The molecule has 57 heavy (non-hydrogen) atoms. The fourth-order valence-electron chi connectivity index (χ4n) is 5.10. The lowest BCUT2D eigenvalue weighted by atomic mass is 10.1. The zero-order chi connectivity index (χ0) is 42.3. The van der Waals surface area contributed by atoms with Crippen LogP contribution in [0.1, 0.15) is 136 Å². The number of allylic oxidation sites excluding steroid dienone is 12. The molecule has 0 aromatic heterocycles. The predicted molar refractivity (Wildman–Crippen MR) is 235 cm³/mol. The van der Waals surface area contributed by atoms with E-state index in [2.05, 4.69) is 56.4 Å². The average Bonchev–Trinajstić information content (AvgIpc) is 3.15. The van der Waals surface area contributed by atoms with Crippen LogP contribution in [0, 0.1) is 0 Å². The Morgan fingerprint density at radius 1 is 0.649 bits per heavy atom. The van der Waals surface area contributed by atoms with E-state index < -0.39 is 38.6 Å². The first kappa shape index (κ1) is 54.2. The summed E-state index contributed by atoms with van der Waals surface area (Å²) >= 11 is 0. The Labute approximate surface area is 346 Å². The van der Waals surface area contributed by atoms with E-state index in [1.165, 1.54) is 19.3 Å². The highest BCUT2D eigenvalue weighted by Gasteiger charge is 2.27. The van der Waals surface area contributed by atoms with Crippen molar-refractivity contribution < 1.29 is 47.2 Å². The van der Waals surface area contributed by atoms with Crippen LogP contribution in [0.25, 0.3) is 0 Å². The molecule has 2 N–H and O–H groups in total. The Morgan fingerprint density at radius 2 is 1.23 bits per heavy atom. The SMILES string of the molecule is CC/C=C\C/C=C\C/C=C\CCCCCCCC(=O)O[C@H](COC(=O)CCC/C=C/C/C=C\C[C@H](O)/C=C\C=C/CCCCC)COP(=O)(O)OCC[N+](C)(C)C. The van der Waals surface area contributed by atoms with Gasteiger partial charge in [0, 0.05) is 12.8 Å². The summed E-state index contributed by atoms with van der Waals surface area (Å²) in [6, 6.07) is 0. The summed E-state index contributed by atoms with van der Waals surface area (Å²) in [5, 5.41) is 10.1. The molecule has 0 amide bonds. The molecule has 0 fully saturated rings. The van der Waals surface area contributed by atoms with Crippen molar-refractivity contribution in [2.24, 2.45) is 0 Å². The summed E-state index contributed by atoms with van der Waals surface area (Å²) in [4.78, 5) is 35.3. The molecule has 0 aliphatic rings. The molecule has 0 saturated carbocycles. The highest BCUT2D eigenvalue weighted by molar-refractivity contribution is 7.47. The minimum absolute atomic E-state index is 0.00433. The number of phosphoric ester groups is 1. The number of rotatable bonds is 37. The molecule has 0 spiro atoms. The number of unbranched alkanes of at least 4 members (excludes halogenated alkanes) is 9. The van der Waals surface area contributed by atoms with Crippen molar-refractivity contribution in [1.82, 2.24) is 0 Å². The zero-order valence-electron chi connectivity index (χ0n) is 36.1. The average molecular weight is 821 g/mol. The normalized spacial score (nSPS) is 15.0. The first-order valence-electron chi connectivity index (χ1n) is 21.4. The van der Waals surface area contributed by atoms with Crippen LogP contribution in [0.4, 0.5) is 0 Å². The second-order valence-corrected chi connectivity index (χ2v) is 16.6. The molecular formula is C46H79NO9P+. The van der Waals surface area contributed by atoms with Gasteiger partial charge in [-0.25, -0.2) is 4.57 Å². The minimum Gasteiger partial charge on any atom is -0.462 e. The number of esters is 2. The molecule has 11 heteroatoms. The number of quaternary nitrogens is 1. The zero-order valence-corrected chi connectivity index (χ0v) is 37.0. The number of nitrogens with zero attached hydrogens (tertiary/aromatic N) is 1. The van der Waals surface area contributed by atoms with E-state index in [1.54, 1.807) is 6.08 Å². The number of hydrogen-bond acceptors (Lipinski definition) is 8. The lowest BCUT2D eigenvalue weighted by molar-refractivity contribution is -0.870. The second-order valence-electron chi connectivity index (χ2n) is 15.2. The molecule has 0 bridgehead atoms. The number of phosphoric acid groups is 1. The summed E-state index contributed by atoms with van der Waals surface area (Å²) in [7, 11) is 1.38. The van der Waals surface area contributed by atoms with Crippen LogP contribution in [0.5, 0.6) is 0 Å². The topological polar surface area (TPSA) is 129 Å². The highest BCUT2D eigenvalue weighted by Crippen LogP contribution is 2.43. The van der Waals surface area contributed by atoms with E-state index in [0.29, 0.717) is 36.7 Å². The molecule has 0 aromatic carbocycles. The fraction of sp³-hybridized carbons (Fsp3) is 0.652. The summed E-state index contributed by atoms with van der Waals surface area (Å²) < 4.78 is 34.1. The van der Waals surface area contributed by atoms with Crippen molar-refractivity contribution in [3.63, 3.8) is 0 Å². The van der Waals surface area contributed by atoms with Gasteiger partial charge in [-0.1, -0.05) is 131 Å². The van der Waals surface area contributed by atoms with Crippen LogP contribution >= 0.6 is 7.82 Å². The largest absolute Gasteiger partial charge is 0.472 e. The maximum atomic E-state index is 12.7. The second kappa shape index (κ2) is 37.4. The molecule has 0 aromatic rings. The van der Waals surface area contributed by atoms with Crippen LogP contribution in [-0.2, 0) is 32.7 Å². The summed E-state index contributed by atoms with van der Waals surface area (Å²) in [6.45, 7) is 4.07. The van der Waals surface area contributed by atoms with Crippen molar-refractivity contribution >= 4 is 19.8 Å². The summed E-state index contributed by atoms with van der Waals surface area (Å²) in [6.07, 6.45) is 43.8. The number of hydrogen-bond donors (Lipinski definition) is 2. The minimum atomic E-state index is -4.41. The maximum Gasteiger partial charge on any atom is 0.472 e. The van der Waals surface area contributed by atoms with Crippen molar-refractivity contribution in [1.29, 1.82) is 0 Å². The Balaban J connectivity index is 4.57. The lowest BCUT2D eigenvalue weighted by Gasteiger charge is -2.24.